The quantitative estimate of drug-likeness (QED) is 0.342. The van der Waals surface area contributed by atoms with E-state index in [2.05, 4.69) is 22.1 Å². The lowest BCUT2D eigenvalue weighted by Crippen LogP contribution is -2.21. The molecule has 5 nitrogen and oxygen atoms in total. The summed E-state index contributed by atoms with van der Waals surface area (Å²) in [7, 11) is 2.06. The van der Waals surface area contributed by atoms with E-state index in [1.807, 2.05) is 12.4 Å². The Hall–Kier alpha value is -1.14. The smallest absolute Gasteiger partial charge is 0.139 e. The maximum Gasteiger partial charge on any atom is 0.139 e. The zero-order valence-electron chi connectivity index (χ0n) is 9.68. The van der Waals surface area contributed by atoms with Crippen LogP contribution in [0, 0.1) is 6.92 Å². The van der Waals surface area contributed by atoms with Gasteiger partial charge in [0, 0.05) is 17.8 Å². The molecule has 0 atom stereocenters. The molecule has 0 radical (unpaired) electrons. The fraction of sp³-hybridized carbons (Fsp3) is 0.600. The highest BCUT2D eigenvalue weighted by molar-refractivity contribution is 7.09. The van der Waals surface area contributed by atoms with E-state index in [1.54, 1.807) is 11.3 Å². The normalized spacial score (nSPS) is 12.3. The van der Waals surface area contributed by atoms with Gasteiger partial charge in [0.2, 0.25) is 0 Å². The number of amidine groups is 1. The van der Waals surface area contributed by atoms with E-state index in [-0.39, 0.29) is 0 Å². The average Bonchev–Trinajstić information content (AvgIpc) is 2.64. The van der Waals surface area contributed by atoms with Crippen molar-refractivity contribution in [2.24, 2.45) is 10.9 Å². The summed E-state index contributed by atoms with van der Waals surface area (Å²) < 4.78 is 0. The number of oxime groups is 1. The molecule has 90 valence electrons. The van der Waals surface area contributed by atoms with Crippen LogP contribution in [0.3, 0.4) is 0 Å². The van der Waals surface area contributed by atoms with Gasteiger partial charge >= 0.3 is 0 Å². The van der Waals surface area contributed by atoms with E-state index in [0.717, 1.165) is 25.2 Å². The van der Waals surface area contributed by atoms with Crippen molar-refractivity contribution in [3.8, 4) is 0 Å². The Morgan fingerprint density at radius 2 is 2.44 bits per heavy atom. The summed E-state index contributed by atoms with van der Waals surface area (Å²) in [4.78, 5) is 7.72. The van der Waals surface area contributed by atoms with Crippen molar-refractivity contribution in [1.29, 1.82) is 0 Å². The highest BCUT2D eigenvalue weighted by atomic mass is 32.1. The topological polar surface area (TPSA) is 74.7 Å². The Morgan fingerprint density at radius 3 is 3.00 bits per heavy atom. The van der Waals surface area contributed by atoms with Crippen LogP contribution in [0.2, 0.25) is 0 Å². The molecule has 1 heterocycles. The van der Waals surface area contributed by atoms with Crippen molar-refractivity contribution in [1.82, 2.24) is 9.88 Å². The third kappa shape index (κ3) is 4.16. The Labute approximate surface area is 99.6 Å². The van der Waals surface area contributed by atoms with Crippen LogP contribution in [0.25, 0.3) is 0 Å². The van der Waals surface area contributed by atoms with E-state index in [0.29, 0.717) is 12.3 Å². The molecular formula is C10H18N4OS. The predicted molar refractivity (Wildman–Crippen MR) is 65.8 cm³/mol. The van der Waals surface area contributed by atoms with E-state index >= 15 is 0 Å². The molecule has 1 aromatic rings. The van der Waals surface area contributed by atoms with Gasteiger partial charge in [0.05, 0.1) is 11.2 Å². The first kappa shape index (κ1) is 12.9. The zero-order chi connectivity index (χ0) is 12.0. The third-order valence-electron chi connectivity index (χ3n) is 2.36. The fourth-order valence-electron chi connectivity index (χ4n) is 1.38. The molecule has 0 spiro atoms. The van der Waals surface area contributed by atoms with Crippen LogP contribution in [0.15, 0.2) is 10.7 Å². The molecule has 0 saturated carbocycles. The highest BCUT2D eigenvalue weighted by Crippen LogP contribution is 2.14. The van der Waals surface area contributed by atoms with E-state index in [1.165, 1.54) is 4.88 Å². The Kier molecular flexibility index (Phi) is 5.21. The maximum atomic E-state index is 8.39. The minimum atomic E-state index is 0.294. The summed E-state index contributed by atoms with van der Waals surface area (Å²) >= 11 is 1.68. The molecule has 0 bridgehead atoms. The molecule has 1 rings (SSSR count). The average molecular weight is 242 g/mol. The van der Waals surface area contributed by atoms with Crippen LogP contribution < -0.4 is 5.73 Å². The van der Waals surface area contributed by atoms with Crippen LogP contribution in [0.1, 0.15) is 23.4 Å². The minimum absolute atomic E-state index is 0.294. The molecule has 0 amide bonds. The largest absolute Gasteiger partial charge is 0.409 e. The molecule has 0 saturated heterocycles. The van der Waals surface area contributed by atoms with Gasteiger partial charge in [0.15, 0.2) is 0 Å². The molecular weight excluding hydrogens is 224 g/mol. The van der Waals surface area contributed by atoms with Gasteiger partial charge in [-0.3, -0.25) is 0 Å². The highest BCUT2D eigenvalue weighted by Gasteiger charge is 2.05. The van der Waals surface area contributed by atoms with Gasteiger partial charge in [-0.25, -0.2) is 4.98 Å². The van der Waals surface area contributed by atoms with Crippen molar-refractivity contribution < 1.29 is 5.21 Å². The monoisotopic (exact) mass is 242 g/mol. The number of rotatable bonds is 6. The van der Waals surface area contributed by atoms with Crippen LogP contribution in [-0.4, -0.2) is 34.5 Å². The van der Waals surface area contributed by atoms with Gasteiger partial charge < -0.3 is 15.8 Å². The number of aryl methyl sites for hydroxylation is 1. The summed E-state index contributed by atoms with van der Waals surface area (Å²) in [5.74, 6) is 0.294. The number of thiazole rings is 1. The second kappa shape index (κ2) is 6.44. The maximum absolute atomic E-state index is 8.39. The molecule has 0 aliphatic heterocycles. The number of nitrogens with two attached hydrogens (primary N) is 1. The first-order valence-electron chi connectivity index (χ1n) is 5.17. The van der Waals surface area contributed by atoms with Crippen molar-refractivity contribution in [3.63, 3.8) is 0 Å². The van der Waals surface area contributed by atoms with Crippen molar-refractivity contribution in [3.05, 3.63) is 16.1 Å². The van der Waals surface area contributed by atoms with Crippen molar-refractivity contribution >= 4 is 17.2 Å². The predicted octanol–water partition coefficient (Wildman–Crippen LogP) is 1.41. The van der Waals surface area contributed by atoms with Gasteiger partial charge in [-0.15, -0.1) is 11.3 Å². The van der Waals surface area contributed by atoms with E-state index in [4.69, 9.17) is 10.9 Å². The summed E-state index contributed by atoms with van der Waals surface area (Å²) in [6.45, 7) is 3.86. The van der Waals surface area contributed by atoms with Crippen molar-refractivity contribution in [2.75, 3.05) is 13.6 Å². The zero-order valence-corrected chi connectivity index (χ0v) is 10.5. The van der Waals surface area contributed by atoms with Gasteiger partial charge in [-0.05, 0) is 26.9 Å². The number of hydrogen-bond donors (Lipinski definition) is 2. The number of aromatic nitrogens is 1. The first-order valence-corrected chi connectivity index (χ1v) is 6.05. The minimum Gasteiger partial charge on any atom is -0.409 e. The van der Waals surface area contributed by atoms with E-state index in [9.17, 15) is 0 Å². The lowest BCUT2D eigenvalue weighted by molar-refractivity contribution is 0.311. The first-order chi connectivity index (χ1) is 7.63. The van der Waals surface area contributed by atoms with Crippen molar-refractivity contribution in [2.45, 2.75) is 26.3 Å². The molecule has 6 heteroatoms. The van der Waals surface area contributed by atoms with Crippen LogP contribution in [0.4, 0.5) is 0 Å². The Bertz CT molecular complexity index is 350. The molecule has 1 aromatic heterocycles. The van der Waals surface area contributed by atoms with Gasteiger partial charge in [-0.2, -0.15) is 0 Å². The molecule has 0 aliphatic rings. The third-order valence-corrected chi connectivity index (χ3v) is 3.28. The van der Waals surface area contributed by atoms with Crippen LogP contribution in [-0.2, 0) is 6.54 Å². The summed E-state index contributed by atoms with van der Waals surface area (Å²) in [5.41, 5.74) is 8.37. The van der Waals surface area contributed by atoms with Gasteiger partial charge in [-0.1, -0.05) is 5.16 Å². The van der Waals surface area contributed by atoms with Gasteiger partial charge in [0.25, 0.3) is 0 Å². The molecule has 3 N–H and O–H groups in total. The Morgan fingerprint density at radius 1 is 1.69 bits per heavy atom. The van der Waals surface area contributed by atoms with Crippen LogP contribution in [0.5, 0.6) is 0 Å². The molecule has 0 aromatic carbocycles. The lowest BCUT2D eigenvalue weighted by Gasteiger charge is -2.15. The fourth-order valence-corrected chi connectivity index (χ4v) is 2.24. The second-order valence-corrected chi connectivity index (χ2v) is 4.73. The second-order valence-electron chi connectivity index (χ2n) is 3.79. The Balaban J connectivity index is 2.26. The summed E-state index contributed by atoms with van der Waals surface area (Å²) in [5, 5.41) is 11.3. The summed E-state index contributed by atoms with van der Waals surface area (Å²) in [6, 6.07) is 0. The SMILES string of the molecule is Cc1ncsc1CN(C)CCCC(N)=NO. The van der Waals surface area contributed by atoms with Gasteiger partial charge in [0.1, 0.15) is 5.84 Å². The number of hydrogen-bond acceptors (Lipinski definition) is 5. The molecule has 0 unspecified atom stereocenters. The summed E-state index contributed by atoms with van der Waals surface area (Å²) in [6.07, 6.45) is 1.52. The molecule has 16 heavy (non-hydrogen) atoms. The number of nitrogens with zero attached hydrogens (tertiary/aromatic N) is 3. The lowest BCUT2D eigenvalue weighted by atomic mass is 10.2. The molecule has 0 aliphatic carbocycles. The van der Waals surface area contributed by atoms with E-state index < -0.39 is 0 Å². The van der Waals surface area contributed by atoms with Crippen LogP contribution >= 0.6 is 11.3 Å². The molecule has 0 fully saturated rings. The standard InChI is InChI=1S/C10H18N4OS/c1-8-9(16-7-12-8)6-14(2)5-3-4-10(11)13-15/h7,15H,3-6H2,1-2H3,(H2,11,13).